The van der Waals surface area contributed by atoms with E-state index in [-0.39, 0.29) is 31.1 Å². The summed E-state index contributed by atoms with van der Waals surface area (Å²) in [5, 5.41) is 0. The zero-order valence-electron chi connectivity index (χ0n) is 46.3. The molecule has 0 aliphatic heterocycles. The zero-order valence-corrected chi connectivity index (χ0v) is 46.3. The lowest BCUT2D eigenvalue weighted by molar-refractivity contribution is -0.167. The molecule has 0 rings (SSSR count). The molecule has 0 aromatic heterocycles. The molecule has 0 saturated heterocycles. The molecule has 0 fully saturated rings. The highest BCUT2D eigenvalue weighted by atomic mass is 16.6. The maximum atomic E-state index is 12.9. The van der Waals surface area contributed by atoms with Gasteiger partial charge < -0.3 is 14.2 Å². The third kappa shape index (κ3) is 56.4. The van der Waals surface area contributed by atoms with Gasteiger partial charge in [0.1, 0.15) is 13.2 Å². The topological polar surface area (TPSA) is 78.9 Å². The number of rotatable bonds is 56. The lowest BCUT2D eigenvalue weighted by Crippen LogP contribution is -2.30. The minimum atomic E-state index is -0.775. The summed E-state index contributed by atoms with van der Waals surface area (Å²) in [5.74, 6) is -0.867. The van der Waals surface area contributed by atoms with E-state index in [9.17, 15) is 14.4 Å². The molecule has 0 aromatic carbocycles. The third-order valence-corrected chi connectivity index (χ3v) is 13.7. The summed E-state index contributed by atoms with van der Waals surface area (Å²) < 4.78 is 16.9. The Kier molecular flexibility index (Phi) is 56.2. The van der Waals surface area contributed by atoms with Gasteiger partial charge in [0, 0.05) is 19.3 Å². The van der Waals surface area contributed by atoms with Gasteiger partial charge in [0.05, 0.1) is 0 Å². The van der Waals surface area contributed by atoms with E-state index in [4.69, 9.17) is 14.2 Å². The van der Waals surface area contributed by atoms with E-state index < -0.39 is 6.10 Å². The summed E-state index contributed by atoms with van der Waals surface area (Å²) in [6.45, 7) is 6.57. The van der Waals surface area contributed by atoms with Gasteiger partial charge in [-0.3, -0.25) is 14.4 Å². The summed E-state index contributed by atoms with van der Waals surface area (Å²) >= 11 is 0. The lowest BCUT2D eigenvalue weighted by atomic mass is 10.0. The van der Waals surface area contributed by atoms with Crippen LogP contribution < -0.4 is 0 Å². The highest BCUT2D eigenvalue weighted by Gasteiger charge is 2.19. The number of esters is 3. The molecule has 0 N–H and O–H groups in total. The van der Waals surface area contributed by atoms with Gasteiger partial charge in [0.25, 0.3) is 0 Å². The number of allylic oxidation sites excluding steroid dienone is 6. The second-order valence-corrected chi connectivity index (χ2v) is 20.6. The molecule has 0 bridgehead atoms. The van der Waals surface area contributed by atoms with Crippen molar-refractivity contribution in [3.63, 3.8) is 0 Å². The molecule has 0 radical (unpaired) electrons. The Hall–Kier alpha value is -2.37. The first-order valence-corrected chi connectivity index (χ1v) is 30.5. The fourth-order valence-electron chi connectivity index (χ4n) is 9.11. The van der Waals surface area contributed by atoms with Crippen molar-refractivity contribution in [2.24, 2.45) is 0 Å². The molecule has 0 amide bonds. The smallest absolute Gasteiger partial charge is 0.306 e. The average Bonchev–Trinajstić information content (AvgIpc) is 3.35. The predicted octanol–water partition coefficient (Wildman–Crippen LogP) is 20.4. The largest absolute Gasteiger partial charge is 0.462 e. The standard InChI is InChI=1S/C63H116O6/c1-4-7-10-13-16-19-22-25-28-30-31-32-33-36-38-41-44-47-50-53-56-62(65)68-59-60(58-67-61(64)55-52-49-46-43-40-37-34-27-24-21-18-15-12-9-6-3)69-63(66)57-54-51-48-45-42-39-35-29-26-23-20-17-14-11-8-5-2/h9,12,18,21,27,34,60H,4-8,10-11,13-17,19-20,22-26,28-33,35-59H2,1-3H3/b12-9-,21-18-,34-27-. The van der Waals surface area contributed by atoms with Gasteiger partial charge in [-0.2, -0.15) is 0 Å². The third-order valence-electron chi connectivity index (χ3n) is 13.7. The molecule has 0 aliphatic carbocycles. The van der Waals surface area contributed by atoms with E-state index in [0.717, 1.165) is 96.3 Å². The molecule has 0 aromatic rings. The van der Waals surface area contributed by atoms with Crippen LogP contribution in [0.4, 0.5) is 0 Å². The predicted molar refractivity (Wildman–Crippen MR) is 298 cm³/mol. The van der Waals surface area contributed by atoms with Crippen molar-refractivity contribution in [2.45, 2.75) is 335 Å². The van der Waals surface area contributed by atoms with Crippen LogP contribution in [0.1, 0.15) is 329 Å². The van der Waals surface area contributed by atoms with Crippen molar-refractivity contribution >= 4 is 17.9 Å². The summed E-state index contributed by atoms with van der Waals surface area (Å²) in [6.07, 6.45) is 70.0. The van der Waals surface area contributed by atoms with E-state index in [2.05, 4.69) is 57.2 Å². The van der Waals surface area contributed by atoms with Gasteiger partial charge in [-0.05, 0) is 51.4 Å². The molecule has 0 spiro atoms. The molecule has 0 aliphatic rings. The van der Waals surface area contributed by atoms with Crippen LogP contribution in [0.5, 0.6) is 0 Å². The highest BCUT2D eigenvalue weighted by molar-refractivity contribution is 5.71. The average molecular weight is 970 g/mol. The maximum Gasteiger partial charge on any atom is 0.306 e. The fraction of sp³-hybridized carbons (Fsp3) is 0.857. The molecule has 0 saturated carbocycles. The molecule has 1 atom stereocenters. The Morgan fingerprint density at radius 2 is 0.565 bits per heavy atom. The van der Waals surface area contributed by atoms with E-state index in [1.165, 1.54) is 193 Å². The molecular formula is C63H116O6. The Morgan fingerprint density at radius 3 is 0.884 bits per heavy atom. The Bertz CT molecular complexity index is 1160. The van der Waals surface area contributed by atoms with E-state index in [1.807, 2.05) is 0 Å². The van der Waals surface area contributed by atoms with Crippen molar-refractivity contribution < 1.29 is 28.6 Å². The number of ether oxygens (including phenoxy) is 3. The molecular weight excluding hydrogens is 853 g/mol. The number of carbonyl (C=O) groups excluding carboxylic acids is 3. The molecule has 69 heavy (non-hydrogen) atoms. The molecule has 6 nitrogen and oxygen atoms in total. The second kappa shape index (κ2) is 58.2. The van der Waals surface area contributed by atoms with Gasteiger partial charge in [0.2, 0.25) is 0 Å². The number of hydrogen-bond donors (Lipinski definition) is 0. The van der Waals surface area contributed by atoms with Crippen LogP contribution in [-0.4, -0.2) is 37.2 Å². The van der Waals surface area contributed by atoms with Gasteiger partial charge in [-0.1, -0.05) is 295 Å². The molecule has 404 valence electrons. The van der Waals surface area contributed by atoms with Gasteiger partial charge >= 0.3 is 17.9 Å². The van der Waals surface area contributed by atoms with Gasteiger partial charge in [0.15, 0.2) is 6.10 Å². The number of unbranched alkanes of at least 4 members (excludes halogenated alkanes) is 39. The van der Waals surface area contributed by atoms with Crippen molar-refractivity contribution in [3.8, 4) is 0 Å². The lowest BCUT2D eigenvalue weighted by Gasteiger charge is -2.18. The van der Waals surface area contributed by atoms with Crippen LogP contribution in [0.25, 0.3) is 0 Å². The summed E-state index contributed by atoms with van der Waals surface area (Å²) in [5.41, 5.74) is 0. The summed E-state index contributed by atoms with van der Waals surface area (Å²) in [7, 11) is 0. The zero-order chi connectivity index (χ0) is 50.0. The van der Waals surface area contributed by atoms with Crippen LogP contribution in [0.15, 0.2) is 36.5 Å². The van der Waals surface area contributed by atoms with Gasteiger partial charge in [-0.25, -0.2) is 0 Å². The highest BCUT2D eigenvalue weighted by Crippen LogP contribution is 2.18. The number of hydrogen-bond acceptors (Lipinski definition) is 6. The van der Waals surface area contributed by atoms with Crippen LogP contribution in [0.3, 0.4) is 0 Å². The fourth-order valence-corrected chi connectivity index (χ4v) is 9.11. The van der Waals surface area contributed by atoms with Crippen LogP contribution in [0.2, 0.25) is 0 Å². The van der Waals surface area contributed by atoms with Crippen molar-refractivity contribution in [2.75, 3.05) is 13.2 Å². The Balaban J connectivity index is 4.31. The summed E-state index contributed by atoms with van der Waals surface area (Å²) in [4.78, 5) is 38.2. The number of carbonyl (C=O) groups is 3. The van der Waals surface area contributed by atoms with Crippen molar-refractivity contribution in [3.05, 3.63) is 36.5 Å². The van der Waals surface area contributed by atoms with Crippen LogP contribution >= 0.6 is 0 Å². The maximum absolute atomic E-state index is 12.9. The monoisotopic (exact) mass is 969 g/mol. The Labute approximate surface area is 429 Å². The molecule has 0 heterocycles. The quantitative estimate of drug-likeness (QED) is 0.0261. The van der Waals surface area contributed by atoms with Crippen LogP contribution in [-0.2, 0) is 28.6 Å². The minimum absolute atomic E-state index is 0.0724. The van der Waals surface area contributed by atoms with E-state index in [0.29, 0.717) is 19.3 Å². The molecule has 1 unspecified atom stereocenters. The normalized spacial score (nSPS) is 12.2. The first-order chi connectivity index (χ1) is 34.0. The van der Waals surface area contributed by atoms with E-state index in [1.54, 1.807) is 0 Å². The van der Waals surface area contributed by atoms with Gasteiger partial charge in [-0.15, -0.1) is 0 Å². The first-order valence-electron chi connectivity index (χ1n) is 30.5. The molecule has 6 heteroatoms. The SMILES string of the molecule is CC/C=C\C/C=C\C/C=C\CCCCCCCC(=O)OCC(COC(=O)CCCCCCCCCCCCCCCCCCCCCC)OC(=O)CCCCCCCCCCCCCCCCCC. The first kappa shape index (κ1) is 66.6. The second-order valence-electron chi connectivity index (χ2n) is 20.6. The van der Waals surface area contributed by atoms with Crippen molar-refractivity contribution in [1.82, 2.24) is 0 Å². The van der Waals surface area contributed by atoms with E-state index >= 15 is 0 Å². The minimum Gasteiger partial charge on any atom is -0.462 e. The van der Waals surface area contributed by atoms with Crippen molar-refractivity contribution in [1.29, 1.82) is 0 Å². The summed E-state index contributed by atoms with van der Waals surface area (Å²) in [6, 6.07) is 0. The Morgan fingerprint density at radius 1 is 0.304 bits per heavy atom. The van der Waals surface area contributed by atoms with Crippen LogP contribution in [0, 0.1) is 0 Å².